The van der Waals surface area contributed by atoms with E-state index in [0.717, 1.165) is 61.2 Å². The molecular formula is C40H64F4. The van der Waals surface area contributed by atoms with Crippen LogP contribution in [0.1, 0.15) is 156 Å². The van der Waals surface area contributed by atoms with Gasteiger partial charge in [0.1, 0.15) is 0 Å². The van der Waals surface area contributed by atoms with Crippen molar-refractivity contribution in [3.63, 3.8) is 0 Å². The first-order valence-corrected chi connectivity index (χ1v) is 18.0. The average molecular weight is 621 g/mol. The van der Waals surface area contributed by atoms with Crippen LogP contribution in [-0.2, 0) is 0 Å². The second kappa shape index (κ2) is 15.2. The van der Waals surface area contributed by atoms with E-state index in [1.807, 2.05) is 0 Å². The SMILES string of the molecule is Cc1ccc(C2CCC(C3CCC(C)CC3)CC2)c(F)c1F.Cc1ccc(C2CCC(C3CCC(C)CC3)CC2)c(F)c1F.[HH].[HH].[HH].[HH]. The molecule has 4 heteroatoms. The molecule has 4 aliphatic rings. The molecule has 252 valence electrons. The van der Waals surface area contributed by atoms with Gasteiger partial charge in [-0.05, 0) is 160 Å². The Labute approximate surface area is 270 Å². The number of benzene rings is 2. The Morgan fingerprint density at radius 3 is 0.977 bits per heavy atom. The average Bonchev–Trinajstić information content (AvgIpc) is 3.04. The first-order valence-electron chi connectivity index (χ1n) is 18.0. The molecule has 6 rings (SSSR count). The van der Waals surface area contributed by atoms with Crippen molar-refractivity contribution < 1.29 is 23.3 Å². The highest BCUT2D eigenvalue weighted by Gasteiger charge is 2.33. The van der Waals surface area contributed by atoms with E-state index in [0.29, 0.717) is 22.3 Å². The first-order chi connectivity index (χ1) is 21.1. The minimum atomic E-state index is -0.652. The maximum Gasteiger partial charge on any atom is 0.162 e. The molecule has 4 fully saturated rings. The Balaban J connectivity index is 0.000000443. The molecular weight excluding hydrogens is 556 g/mol. The normalized spacial score (nSPS) is 32.9. The summed E-state index contributed by atoms with van der Waals surface area (Å²) in [4.78, 5) is 0. The highest BCUT2D eigenvalue weighted by Crippen LogP contribution is 2.46. The van der Waals surface area contributed by atoms with E-state index in [2.05, 4.69) is 13.8 Å². The molecule has 2 aromatic rings. The van der Waals surface area contributed by atoms with E-state index >= 15 is 0 Å². The van der Waals surface area contributed by atoms with Gasteiger partial charge < -0.3 is 0 Å². The molecule has 0 atom stereocenters. The summed E-state index contributed by atoms with van der Waals surface area (Å²) in [6.07, 6.45) is 19.9. The molecule has 0 saturated heterocycles. The third-order valence-corrected chi connectivity index (χ3v) is 12.5. The van der Waals surface area contributed by atoms with Crippen LogP contribution in [0.4, 0.5) is 17.6 Å². The summed E-state index contributed by atoms with van der Waals surface area (Å²) in [5.41, 5.74) is 2.04. The Hall–Kier alpha value is -1.84. The molecule has 0 unspecified atom stereocenters. The van der Waals surface area contributed by atoms with Crippen molar-refractivity contribution in [1.82, 2.24) is 0 Å². The fraction of sp³-hybridized carbons (Fsp3) is 0.700. The zero-order valence-corrected chi connectivity index (χ0v) is 27.8. The number of rotatable bonds is 4. The monoisotopic (exact) mass is 620 g/mol. The van der Waals surface area contributed by atoms with Gasteiger partial charge >= 0.3 is 0 Å². The second-order valence-corrected chi connectivity index (χ2v) is 15.5. The molecule has 0 N–H and O–H groups in total. The van der Waals surface area contributed by atoms with Gasteiger partial charge in [0, 0.05) is 5.71 Å². The van der Waals surface area contributed by atoms with Gasteiger partial charge in [-0.2, -0.15) is 0 Å². The van der Waals surface area contributed by atoms with Crippen LogP contribution >= 0.6 is 0 Å². The van der Waals surface area contributed by atoms with E-state index in [1.54, 1.807) is 38.1 Å². The van der Waals surface area contributed by atoms with Gasteiger partial charge in [-0.1, -0.05) is 63.8 Å². The van der Waals surface area contributed by atoms with Crippen molar-refractivity contribution in [3.05, 3.63) is 69.8 Å². The van der Waals surface area contributed by atoms with Crippen LogP contribution in [0.15, 0.2) is 24.3 Å². The molecule has 2 aromatic carbocycles. The molecule has 0 radical (unpaired) electrons. The van der Waals surface area contributed by atoms with Crippen molar-refractivity contribution in [1.29, 1.82) is 0 Å². The molecule has 0 aromatic heterocycles. The Bertz CT molecular complexity index is 1130. The standard InChI is InChI=1S/2C20H28F2.4H2/c2*1-13-3-6-15(7-4-13)16-8-10-17(11-9-16)18-12-5-14(2)19(21)20(18)22;;;;/h2*5,12-13,15-17H,3-4,6-11H2,1-2H3;4*1H. The Kier molecular flexibility index (Phi) is 11.6. The maximum atomic E-state index is 14.2. The van der Waals surface area contributed by atoms with Gasteiger partial charge in [-0.3, -0.25) is 0 Å². The summed E-state index contributed by atoms with van der Waals surface area (Å²) in [7, 11) is 0. The molecule has 0 spiro atoms. The van der Waals surface area contributed by atoms with Crippen molar-refractivity contribution in [2.24, 2.45) is 35.5 Å². The smallest absolute Gasteiger partial charge is 0.162 e. The molecule has 0 bridgehead atoms. The molecule has 0 aliphatic heterocycles. The van der Waals surface area contributed by atoms with Gasteiger partial charge in [0.25, 0.3) is 0 Å². The second-order valence-electron chi connectivity index (χ2n) is 15.5. The highest BCUT2D eigenvalue weighted by atomic mass is 19.2. The number of hydrogen-bond donors (Lipinski definition) is 0. The minimum absolute atomic E-state index is 0. The van der Waals surface area contributed by atoms with Crippen LogP contribution in [0.5, 0.6) is 0 Å². The molecule has 0 amide bonds. The van der Waals surface area contributed by atoms with Crippen LogP contribution in [0.2, 0.25) is 0 Å². The lowest BCUT2D eigenvalue weighted by Crippen LogP contribution is -2.25. The number of hydrogen-bond acceptors (Lipinski definition) is 0. The maximum absolute atomic E-state index is 14.2. The lowest BCUT2D eigenvalue weighted by Gasteiger charge is -2.37. The summed E-state index contributed by atoms with van der Waals surface area (Å²) in [5, 5.41) is 0. The van der Waals surface area contributed by atoms with Crippen molar-refractivity contribution >= 4 is 0 Å². The van der Waals surface area contributed by atoms with E-state index in [1.165, 1.54) is 77.0 Å². The third kappa shape index (κ3) is 7.92. The highest BCUT2D eigenvalue weighted by molar-refractivity contribution is 5.29. The van der Waals surface area contributed by atoms with Crippen molar-refractivity contribution in [2.45, 2.75) is 142 Å². The zero-order chi connectivity index (χ0) is 31.4. The summed E-state index contributed by atoms with van der Waals surface area (Å²) >= 11 is 0. The molecule has 4 saturated carbocycles. The number of halogens is 4. The van der Waals surface area contributed by atoms with Crippen molar-refractivity contribution in [2.75, 3.05) is 0 Å². The Morgan fingerprint density at radius 1 is 0.409 bits per heavy atom. The zero-order valence-electron chi connectivity index (χ0n) is 27.8. The topological polar surface area (TPSA) is 0 Å². The summed E-state index contributed by atoms with van der Waals surface area (Å²) in [5.74, 6) is 3.14. The van der Waals surface area contributed by atoms with Gasteiger partial charge in [-0.15, -0.1) is 0 Å². The van der Waals surface area contributed by atoms with Gasteiger partial charge in [0.05, 0.1) is 0 Å². The van der Waals surface area contributed by atoms with Gasteiger partial charge in [0.15, 0.2) is 23.3 Å². The quantitative estimate of drug-likeness (QED) is 0.298. The fourth-order valence-electron chi connectivity index (χ4n) is 9.27. The summed E-state index contributed by atoms with van der Waals surface area (Å²) in [6.45, 7) is 7.98. The van der Waals surface area contributed by atoms with Crippen LogP contribution in [0.3, 0.4) is 0 Å². The van der Waals surface area contributed by atoms with Crippen molar-refractivity contribution in [3.8, 4) is 0 Å². The fourth-order valence-corrected chi connectivity index (χ4v) is 9.27. The predicted molar refractivity (Wildman–Crippen MR) is 182 cm³/mol. The van der Waals surface area contributed by atoms with Crippen LogP contribution in [-0.4, -0.2) is 0 Å². The predicted octanol–water partition coefficient (Wildman–Crippen LogP) is 13.7. The van der Waals surface area contributed by atoms with E-state index < -0.39 is 23.3 Å². The summed E-state index contributed by atoms with van der Waals surface area (Å²) < 4.78 is 55.9. The van der Waals surface area contributed by atoms with E-state index in [4.69, 9.17) is 0 Å². The third-order valence-electron chi connectivity index (χ3n) is 12.5. The molecule has 0 nitrogen and oxygen atoms in total. The lowest BCUT2D eigenvalue weighted by atomic mass is 9.68. The van der Waals surface area contributed by atoms with Crippen LogP contribution < -0.4 is 0 Å². The number of aryl methyl sites for hydroxylation is 2. The largest absolute Gasteiger partial charge is 0.203 e. The van der Waals surface area contributed by atoms with Gasteiger partial charge in [-0.25, -0.2) is 17.6 Å². The lowest BCUT2D eigenvalue weighted by molar-refractivity contribution is 0.164. The molecule has 44 heavy (non-hydrogen) atoms. The molecule has 4 aliphatic carbocycles. The summed E-state index contributed by atoms with van der Waals surface area (Å²) in [6, 6.07) is 7.06. The molecule has 0 heterocycles. The van der Waals surface area contributed by atoms with E-state index in [-0.39, 0.29) is 17.5 Å². The van der Waals surface area contributed by atoms with Gasteiger partial charge in [0.2, 0.25) is 0 Å². The van der Waals surface area contributed by atoms with E-state index in [9.17, 15) is 17.6 Å². The first kappa shape index (κ1) is 33.5. The van der Waals surface area contributed by atoms with Crippen LogP contribution in [0, 0.1) is 72.6 Å². The Morgan fingerprint density at radius 2 is 0.682 bits per heavy atom. The minimum Gasteiger partial charge on any atom is -0.203 e. The van der Waals surface area contributed by atoms with Crippen LogP contribution in [0.25, 0.3) is 0 Å².